The molecule has 1 heterocycles. The molecule has 0 spiro atoms. The van der Waals surface area contributed by atoms with Crippen LogP contribution in [0, 0.1) is 12.3 Å². The zero-order chi connectivity index (χ0) is 11.3. The van der Waals surface area contributed by atoms with Gasteiger partial charge in [0.05, 0.1) is 7.11 Å². The Labute approximate surface area is 89.1 Å². The van der Waals surface area contributed by atoms with Crippen LogP contribution in [0.15, 0.2) is 6.07 Å². The van der Waals surface area contributed by atoms with E-state index >= 15 is 0 Å². The lowest BCUT2D eigenvalue weighted by Gasteiger charge is -2.12. The van der Waals surface area contributed by atoms with Crippen molar-refractivity contribution in [1.29, 1.82) is 0 Å². The van der Waals surface area contributed by atoms with Gasteiger partial charge in [0.2, 0.25) is 11.8 Å². The minimum absolute atomic E-state index is 0.133. The van der Waals surface area contributed by atoms with Crippen molar-refractivity contribution in [2.45, 2.75) is 19.4 Å². The van der Waals surface area contributed by atoms with Gasteiger partial charge in [-0.3, -0.25) is 0 Å². The first-order valence-electron chi connectivity index (χ1n) is 4.54. The van der Waals surface area contributed by atoms with E-state index in [0.29, 0.717) is 18.1 Å². The SMILES string of the molecule is C#CCC(C)Nc1cc(OC)nc(N)n1. The second kappa shape index (κ2) is 5.05. The number of nitrogens with zero attached hydrogens (tertiary/aromatic N) is 2. The zero-order valence-electron chi connectivity index (χ0n) is 8.82. The van der Waals surface area contributed by atoms with Gasteiger partial charge in [-0.05, 0) is 6.92 Å². The number of nitrogens with two attached hydrogens (primary N) is 1. The number of hydrogen-bond donors (Lipinski definition) is 2. The Morgan fingerprint density at radius 3 is 3.00 bits per heavy atom. The Kier molecular flexibility index (Phi) is 3.75. The molecule has 80 valence electrons. The summed E-state index contributed by atoms with van der Waals surface area (Å²) in [4.78, 5) is 7.88. The van der Waals surface area contributed by atoms with Gasteiger partial charge in [0.25, 0.3) is 0 Å². The Morgan fingerprint density at radius 1 is 1.67 bits per heavy atom. The fraction of sp³-hybridized carbons (Fsp3) is 0.400. The number of rotatable bonds is 4. The Bertz CT molecular complexity index is 372. The first kappa shape index (κ1) is 11.1. The summed E-state index contributed by atoms with van der Waals surface area (Å²) in [5, 5.41) is 3.10. The van der Waals surface area contributed by atoms with Crippen LogP contribution in [0.2, 0.25) is 0 Å². The number of nitrogen functional groups attached to an aromatic ring is 1. The third-order valence-electron chi connectivity index (χ3n) is 1.75. The molecule has 1 unspecified atom stereocenters. The molecular formula is C10H14N4O. The van der Waals surface area contributed by atoms with Crippen molar-refractivity contribution >= 4 is 11.8 Å². The van der Waals surface area contributed by atoms with E-state index in [-0.39, 0.29) is 12.0 Å². The summed E-state index contributed by atoms with van der Waals surface area (Å²) in [6.07, 6.45) is 5.81. The zero-order valence-corrected chi connectivity index (χ0v) is 8.82. The van der Waals surface area contributed by atoms with Gasteiger partial charge in [0.15, 0.2) is 0 Å². The van der Waals surface area contributed by atoms with E-state index in [9.17, 15) is 0 Å². The molecule has 5 nitrogen and oxygen atoms in total. The highest BCUT2D eigenvalue weighted by molar-refractivity contribution is 5.43. The fourth-order valence-electron chi connectivity index (χ4n) is 1.10. The highest BCUT2D eigenvalue weighted by atomic mass is 16.5. The van der Waals surface area contributed by atoms with E-state index in [1.165, 1.54) is 7.11 Å². The van der Waals surface area contributed by atoms with Gasteiger partial charge in [0.1, 0.15) is 5.82 Å². The standard InChI is InChI=1S/C10H14N4O/c1-4-5-7(2)12-8-6-9(15-3)14-10(11)13-8/h1,6-7H,5H2,2-3H3,(H3,11,12,13,14). The summed E-state index contributed by atoms with van der Waals surface area (Å²) in [7, 11) is 1.52. The van der Waals surface area contributed by atoms with Crippen molar-refractivity contribution < 1.29 is 4.74 Å². The minimum Gasteiger partial charge on any atom is -0.481 e. The number of methoxy groups -OCH3 is 1. The second-order valence-electron chi connectivity index (χ2n) is 3.11. The van der Waals surface area contributed by atoms with Crippen LogP contribution in [-0.4, -0.2) is 23.1 Å². The van der Waals surface area contributed by atoms with Gasteiger partial charge < -0.3 is 15.8 Å². The van der Waals surface area contributed by atoms with Crippen LogP contribution in [0.1, 0.15) is 13.3 Å². The molecule has 0 bridgehead atoms. The molecule has 0 saturated carbocycles. The summed E-state index contributed by atoms with van der Waals surface area (Å²) in [5.41, 5.74) is 5.50. The number of nitrogens with one attached hydrogen (secondary N) is 1. The van der Waals surface area contributed by atoms with Crippen LogP contribution >= 0.6 is 0 Å². The average Bonchev–Trinajstić information content (AvgIpc) is 2.17. The molecule has 0 aliphatic carbocycles. The molecule has 0 radical (unpaired) electrons. The van der Waals surface area contributed by atoms with Crippen LogP contribution < -0.4 is 15.8 Å². The summed E-state index contributed by atoms with van der Waals surface area (Å²) < 4.78 is 4.97. The van der Waals surface area contributed by atoms with Crippen molar-refractivity contribution in [2.24, 2.45) is 0 Å². The molecule has 0 aromatic carbocycles. The van der Waals surface area contributed by atoms with E-state index < -0.39 is 0 Å². The van der Waals surface area contributed by atoms with Crippen molar-refractivity contribution in [3.8, 4) is 18.2 Å². The maximum atomic E-state index is 5.50. The second-order valence-corrected chi connectivity index (χ2v) is 3.11. The summed E-state index contributed by atoms with van der Waals surface area (Å²) in [6.45, 7) is 1.96. The van der Waals surface area contributed by atoms with Crippen molar-refractivity contribution in [2.75, 3.05) is 18.2 Å². The Hall–Kier alpha value is -1.96. The summed E-state index contributed by atoms with van der Waals surface area (Å²) >= 11 is 0. The van der Waals surface area contributed by atoms with Gasteiger partial charge in [0, 0.05) is 18.5 Å². The molecule has 0 fully saturated rings. The quantitative estimate of drug-likeness (QED) is 0.716. The Morgan fingerprint density at radius 2 is 2.40 bits per heavy atom. The van der Waals surface area contributed by atoms with Gasteiger partial charge in [-0.25, -0.2) is 0 Å². The highest BCUT2D eigenvalue weighted by Gasteiger charge is 2.05. The lowest BCUT2D eigenvalue weighted by molar-refractivity contribution is 0.398. The maximum absolute atomic E-state index is 5.50. The lowest BCUT2D eigenvalue weighted by atomic mass is 10.2. The van der Waals surface area contributed by atoms with Crippen LogP contribution in [0.4, 0.5) is 11.8 Å². The third-order valence-corrected chi connectivity index (χ3v) is 1.75. The van der Waals surface area contributed by atoms with E-state index in [2.05, 4.69) is 21.2 Å². The molecule has 5 heteroatoms. The van der Waals surface area contributed by atoms with Gasteiger partial charge in [-0.1, -0.05) is 0 Å². The molecule has 3 N–H and O–H groups in total. The summed E-state index contributed by atoms with van der Waals surface area (Å²) in [5.74, 6) is 3.78. The molecule has 1 aromatic rings. The number of anilines is 2. The molecular weight excluding hydrogens is 192 g/mol. The summed E-state index contributed by atoms with van der Waals surface area (Å²) in [6, 6.07) is 1.80. The smallest absolute Gasteiger partial charge is 0.225 e. The van der Waals surface area contributed by atoms with Gasteiger partial charge >= 0.3 is 0 Å². The molecule has 0 saturated heterocycles. The monoisotopic (exact) mass is 206 g/mol. The normalized spacial score (nSPS) is 11.5. The molecule has 1 atom stereocenters. The predicted molar refractivity (Wildman–Crippen MR) is 59.5 cm³/mol. The van der Waals surface area contributed by atoms with Crippen LogP contribution in [0.3, 0.4) is 0 Å². The van der Waals surface area contributed by atoms with E-state index in [0.717, 1.165) is 0 Å². The van der Waals surface area contributed by atoms with Crippen molar-refractivity contribution in [1.82, 2.24) is 9.97 Å². The molecule has 15 heavy (non-hydrogen) atoms. The largest absolute Gasteiger partial charge is 0.481 e. The maximum Gasteiger partial charge on any atom is 0.225 e. The Balaban J connectivity index is 2.77. The number of terminal acetylenes is 1. The van der Waals surface area contributed by atoms with E-state index in [4.69, 9.17) is 16.9 Å². The molecule has 0 amide bonds. The topological polar surface area (TPSA) is 73.1 Å². The van der Waals surface area contributed by atoms with Gasteiger partial charge in [-0.15, -0.1) is 12.3 Å². The highest BCUT2D eigenvalue weighted by Crippen LogP contribution is 2.15. The number of ether oxygens (including phenoxy) is 1. The molecule has 0 aliphatic heterocycles. The van der Waals surface area contributed by atoms with E-state index in [1.54, 1.807) is 6.07 Å². The predicted octanol–water partition coefficient (Wildman–Crippen LogP) is 0.891. The first-order valence-corrected chi connectivity index (χ1v) is 4.54. The first-order chi connectivity index (χ1) is 7.15. The van der Waals surface area contributed by atoms with Crippen molar-refractivity contribution in [3.05, 3.63) is 6.07 Å². The average molecular weight is 206 g/mol. The van der Waals surface area contributed by atoms with Gasteiger partial charge in [-0.2, -0.15) is 9.97 Å². The number of aromatic nitrogens is 2. The van der Waals surface area contributed by atoms with Crippen LogP contribution in [0.25, 0.3) is 0 Å². The number of hydrogen-bond acceptors (Lipinski definition) is 5. The van der Waals surface area contributed by atoms with E-state index in [1.807, 2.05) is 6.92 Å². The lowest BCUT2D eigenvalue weighted by Crippen LogP contribution is -2.15. The van der Waals surface area contributed by atoms with Crippen LogP contribution in [-0.2, 0) is 0 Å². The fourth-order valence-corrected chi connectivity index (χ4v) is 1.10. The molecule has 1 rings (SSSR count). The van der Waals surface area contributed by atoms with Crippen molar-refractivity contribution in [3.63, 3.8) is 0 Å². The minimum atomic E-state index is 0.133. The molecule has 0 aliphatic rings. The van der Waals surface area contributed by atoms with Crippen LogP contribution in [0.5, 0.6) is 5.88 Å². The third kappa shape index (κ3) is 3.35. The molecule has 1 aromatic heterocycles.